The minimum absolute atomic E-state index is 0.0349. The van der Waals surface area contributed by atoms with Crippen LogP contribution in [0.2, 0.25) is 0 Å². The molecule has 21 heavy (non-hydrogen) atoms. The van der Waals surface area contributed by atoms with Gasteiger partial charge in [-0.15, -0.1) is 11.8 Å². The summed E-state index contributed by atoms with van der Waals surface area (Å²) < 4.78 is 13.9. The van der Waals surface area contributed by atoms with Gasteiger partial charge < -0.3 is 14.2 Å². The molecule has 0 amide bonds. The van der Waals surface area contributed by atoms with Crippen LogP contribution in [-0.4, -0.2) is 39.2 Å². The third kappa shape index (κ3) is 5.30. The van der Waals surface area contributed by atoms with Crippen LogP contribution in [0.25, 0.3) is 0 Å². The van der Waals surface area contributed by atoms with Gasteiger partial charge in [-0.25, -0.2) is 4.79 Å². The van der Waals surface area contributed by atoms with Crippen LogP contribution in [0.4, 0.5) is 0 Å². The van der Waals surface area contributed by atoms with E-state index in [1.165, 1.54) is 27.4 Å². The Balaban J connectivity index is 5.38. The summed E-state index contributed by atoms with van der Waals surface area (Å²) in [6.45, 7) is 1.66. The van der Waals surface area contributed by atoms with E-state index in [-0.39, 0.29) is 12.8 Å². The molecule has 0 saturated heterocycles. The van der Waals surface area contributed by atoms with Crippen molar-refractivity contribution in [2.75, 3.05) is 21.3 Å². The summed E-state index contributed by atoms with van der Waals surface area (Å²) in [5.74, 6) is 3.46. The quantitative estimate of drug-likeness (QED) is 0.231. The van der Waals surface area contributed by atoms with Crippen LogP contribution in [0.5, 0.6) is 0 Å². The van der Waals surface area contributed by atoms with Gasteiger partial charge in [-0.1, -0.05) is 6.08 Å². The van der Waals surface area contributed by atoms with Crippen LogP contribution in [0, 0.1) is 17.3 Å². The summed E-state index contributed by atoms with van der Waals surface area (Å²) >= 11 is 0. The number of rotatable bonds is 7. The first kappa shape index (κ1) is 18.7. The Bertz CT molecular complexity index is 450. The van der Waals surface area contributed by atoms with Crippen molar-refractivity contribution < 1.29 is 28.6 Å². The average Bonchev–Trinajstić information content (AvgIpc) is 2.51. The lowest BCUT2D eigenvalue weighted by Gasteiger charge is -2.26. The van der Waals surface area contributed by atoms with Crippen LogP contribution in [0.15, 0.2) is 12.2 Å². The third-order valence-electron chi connectivity index (χ3n) is 2.93. The second-order valence-corrected chi connectivity index (χ2v) is 4.12. The predicted octanol–water partition coefficient (Wildman–Crippen LogP) is 1.24. The molecule has 0 spiro atoms. The Morgan fingerprint density at radius 2 is 1.62 bits per heavy atom. The fourth-order valence-corrected chi connectivity index (χ4v) is 1.77. The Morgan fingerprint density at radius 1 is 1.05 bits per heavy atom. The van der Waals surface area contributed by atoms with Gasteiger partial charge in [0.15, 0.2) is 5.41 Å². The number of allylic oxidation sites excluding steroid dienone is 1. The van der Waals surface area contributed by atoms with E-state index < -0.39 is 23.3 Å². The van der Waals surface area contributed by atoms with Crippen LogP contribution in [0.1, 0.15) is 26.2 Å². The highest BCUT2D eigenvalue weighted by molar-refractivity contribution is 6.00. The van der Waals surface area contributed by atoms with Crippen molar-refractivity contribution in [2.45, 2.75) is 26.2 Å². The zero-order valence-corrected chi connectivity index (χ0v) is 12.7. The molecule has 0 bridgehead atoms. The van der Waals surface area contributed by atoms with Gasteiger partial charge in [0.05, 0.1) is 21.3 Å². The second kappa shape index (κ2) is 9.59. The van der Waals surface area contributed by atoms with Gasteiger partial charge in [-0.3, -0.25) is 9.59 Å². The minimum Gasteiger partial charge on any atom is -0.468 e. The molecule has 0 aromatic carbocycles. The van der Waals surface area contributed by atoms with Crippen molar-refractivity contribution in [1.29, 1.82) is 0 Å². The lowest BCUT2D eigenvalue weighted by Crippen LogP contribution is -2.41. The fraction of sp³-hybridized carbons (Fsp3) is 0.533. The highest BCUT2D eigenvalue weighted by Crippen LogP contribution is 2.32. The Labute approximate surface area is 124 Å². The topological polar surface area (TPSA) is 78.9 Å². The molecule has 0 fully saturated rings. The van der Waals surface area contributed by atoms with Crippen molar-refractivity contribution in [3.63, 3.8) is 0 Å². The Kier molecular flexibility index (Phi) is 8.54. The van der Waals surface area contributed by atoms with Crippen molar-refractivity contribution in [1.82, 2.24) is 0 Å². The van der Waals surface area contributed by atoms with Crippen LogP contribution < -0.4 is 0 Å². The van der Waals surface area contributed by atoms with E-state index >= 15 is 0 Å². The van der Waals surface area contributed by atoms with Crippen molar-refractivity contribution in [2.24, 2.45) is 5.41 Å². The Hall–Kier alpha value is -2.29. The minimum atomic E-state index is -1.52. The van der Waals surface area contributed by atoms with Gasteiger partial charge in [0, 0.05) is 12.5 Å². The fourth-order valence-electron chi connectivity index (χ4n) is 1.77. The molecule has 0 saturated carbocycles. The van der Waals surface area contributed by atoms with Gasteiger partial charge in [0.1, 0.15) is 0 Å². The van der Waals surface area contributed by atoms with Gasteiger partial charge in [-0.05, 0) is 19.8 Å². The molecule has 0 aliphatic rings. The van der Waals surface area contributed by atoms with Gasteiger partial charge in [0.2, 0.25) is 0 Å². The first-order valence-corrected chi connectivity index (χ1v) is 6.29. The maximum absolute atomic E-state index is 12.1. The highest BCUT2D eigenvalue weighted by Gasteiger charge is 2.46. The van der Waals surface area contributed by atoms with Gasteiger partial charge in [-0.2, -0.15) is 0 Å². The molecule has 6 heteroatoms. The van der Waals surface area contributed by atoms with Crippen LogP contribution in [-0.2, 0) is 28.6 Å². The summed E-state index contributed by atoms with van der Waals surface area (Å²) in [4.78, 5) is 35.2. The first-order valence-electron chi connectivity index (χ1n) is 6.29. The molecule has 0 aromatic rings. The largest absolute Gasteiger partial charge is 0.468 e. The van der Waals surface area contributed by atoms with E-state index in [0.29, 0.717) is 6.42 Å². The number of ether oxygens (including phenoxy) is 3. The number of carbonyl (C=O) groups excluding carboxylic acids is 3. The molecule has 0 radical (unpaired) electrons. The third-order valence-corrected chi connectivity index (χ3v) is 2.93. The van der Waals surface area contributed by atoms with Gasteiger partial charge >= 0.3 is 17.9 Å². The van der Waals surface area contributed by atoms with E-state index in [4.69, 9.17) is 9.47 Å². The maximum Gasteiger partial charge on any atom is 0.330 e. The number of hydrogen-bond acceptors (Lipinski definition) is 6. The summed E-state index contributed by atoms with van der Waals surface area (Å²) in [6.07, 6.45) is 2.96. The predicted molar refractivity (Wildman–Crippen MR) is 74.9 cm³/mol. The van der Waals surface area contributed by atoms with Crippen molar-refractivity contribution >= 4 is 17.9 Å². The van der Waals surface area contributed by atoms with E-state index in [9.17, 15) is 14.4 Å². The van der Waals surface area contributed by atoms with E-state index in [1.807, 2.05) is 0 Å². The second-order valence-electron chi connectivity index (χ2n) is 4.12. The molecule has 0 aliphatic carbocycles. The maximum atomic E-state index is 12.1. The lowest BCUT2D eigenvalue weighted by atomic mass is 9.79. The van der Waals surface area contributed by atoms with Gasteiger partial charge in [0.25, 0.3) is 0 Å². The zero-order valence-electron chi connectivity index (χ0n) is 12.7. The smallest absolute Gasteiger partial charge is 0.330 e. The molecule has 0 aliphatic heterocycles. The number of esters is 3. The molecule has 6 nitrogen and oxygen atoms in total. The highest BCUT2D eigenvalue weighted by atomic mass is 16.5. The average molecular weight is 296 g/mol. The van der Waals surface area contributed by atoms with Crippen molar-refractivity contribution in [3.05, 3.63) is 12.2 Å². The zero-order chi connectivity index (χ0) is 16.3. The van der Waals surface area contributed by atoms with E-state index in [2.05, 4.69) is 16.6 Å². The Morgan fingerprint density at radius 3 is 2.05 bits per heavy atom. The standard InChI is InChI=1S/C15H20O6/c1-5-6-7-10-15(13(17)20-3,14(18)21-4)11-8-9-12(16)19-2/h8-9H,7,10-11H2,1-4H3/b9-8+. The molecule has 0 unspecified atom stereocenters. The summed E-state index contributed by atoms with van der Waals surface area (Å²) in [6, 6.07) is 0. The number of carbonyl (C=O) groups is 3. The molecule has 116 valence electrons. The number of hydrogen-bond donors (Lipinski definition) is 0. The normalized spacial score (nSPS) is 10.5. The molecule has 0 heterocycles. The lowest BCUT2D eigenvalue weighted by molar-refractivity contribution is -0.169. The summed E-state index contributed by atoms with van der Waals surface area (Å²) in [5.41, 5.74) is -1.52. The molecule has 0 atom stereocenters. The molecule has 0 rings (SSSR count). The summed E-state index contributed by atoms with van der Waals surface area (Å²) in [5, 5.41) is 0. The first-order chi connectivity index (χ1) is 9.98. The summed E-state index contributed by atoms with van der Waals surface area (Å²) in [7, 11) is 3.61. The molecular formula is C15H20O6. The van der Waals surface area contributed by atoms with Crippen LogP contribution >= 0.6 is 0 Å². The monoisotopic (exact) mass is 296 g/mol. The molecular weight excluding hydrogens is 276 g/mol. The van der Waals surface area contributed by atoms with Crippen LogP contribution in [0.3, 0.4) is 0 Å². The molecule has 0 aromatic heterocycles. The van der Waals surface area contributed by atoms with Crippen molar-refractivity contribution in [3.8, 4) is 11.8 Å². The number of methoxy groups -OCH3 is 3. The molecule has 0 N–H and O–H groups in total. The van der Waals surface area contributed by atoms with E-state index in [1.54, 1.807) is 6.92 Å². The van der Waals surface area contributed by atoms with E-state index in [0.717, 1.165) is 6.08 Å². The SMILES string of the molecule is CC#CCCC(C/C=C/C(=O)OC)(C(=O)OC)C(=O)OC.